The molecule has 0 aromatic carbocycles. The summed E-state index contributed by atoms with van der Waals surface area (Å²) < 4.78 is 1.41. The lowest BCUT2D eigenvalue weighted by atomic mass is 9.92. The molecule has 16 heavy (non-hydrogen) atoms. The minimum atomic E-state index is -1.03. The number of nitro groups is 1. The minimum absolute atomic E-state index is 0.0287. The van der Waals surface area contributed by atoms with Gasteiger partial charge in [-0.3, -0.25) is 10.1 Å². The van der Waals surface area contributed by atoms with Crippen molar-refractivity contribution in [1.82, 2.24) is 9.78 Å². The molecular weight excluding hydrogens is 210 g/mol. The maximum Gasteiger partial charge on any atom is 0.309 e. The molecule has 0 amide bonds. The van der Waals surface area contributed by atoms with Crippen LogP contribution < -0.4 is 0 Å². The van der Waals surface area contributed by atoms with E-state index in [1.54, 1.807) is 6.92 Å². The maximum atomic E-state index is 10.7. The van der Waals surface area contributed by atoms with Gasteiger partial charge in [0.25, 0.3) is 0 Å². The Morgan fingerprint density at radius 1 is 1.50 bits per heavy atom. The summed E-state index contributed by atoms with van der Waals surface area (Å²) in [6, 6.07) is 0. The highest BCUT2D eigenvalue weighted by Gasteiger charge is 2.35. The molecule has 1 aromatic rings. The number of nitrogens with zero attached hydrogens (tertiary/aromatic N) is 3. The molecule has 2 rings (SSSR count). The molecule has 0 atom stereocenters. The SMILES string of the molecule is Cc1c([N+](=O)[O-])cnn1C1(O)CCCCC1. The Balaban J connectivity index is 2.36. The molecule has 1 N–H and O–H groups in total. The summed E-state index contributed by atoms with van der Waals surface area (Å²) >= 11 is 0. The molecule has 0 radical (unpaired) electrons. The third kappa shape index (κ3) is 1.69. The van der Waals surface area contributed by atoms with Gasteiger partial charge in [0, 0.05) is 0 Å². The van der Waals surface area contributed by atoms with Gasteiger partial charge < -0.3 is 5.11 Å². The largest absolute Gasteiger partial charge is 0.369 e. The summed E-state index contributed by atoms with van der Waals surface area (Å²) in [5.74, 6) is 0. The van der Waals surface area contributed by atoms with Crippen LogP contribution in [0.25, 0.3) is 0 Å². The zero-order valence-corrected chi connectivity index (χ0v) is 9.22. The Hall–Kier alpha value is -1.43. The van der Waals surface area contributed by atoms with Gasteiger partial charge in [-0.25, -0.2) is 4.68 Å². The van der Waals surface area contributed by atoms with Gasteiger partial charge in [-0.15, -0.1) is 0 Å². The molecule has 0 aliphatic heterocycles. The van der Waals surface area contributed by atoms with Crippen LogP contribution in [0.4, 0.5) is 5.69 Å². The second kappa shape index (κ2) is 3.86. The van der Waals surface area contributed by atoms with Gasteiger partial charge in [0.15, 0.2) is 5.72 Å². The van der Waals surface area contributed by atoms with Gasteiger partial charge in [0.1, 0.15) is 11.9 Å². The van der Waals surface area contributed by atoms with Crippen LogP contribution in [0, 0.1) is 17.0 Å². The van der Waals surface area contributed by atoms with E-state index in [1.165, 1.54) is 10.9 Å². The fraction of sp³-hybridized carbons (Fsp3) is 0.700. The Morgan fingerprint density at radius 2 is 2.12 bits per heavy atom. The van der Waals surface area contributed by atoms with Crippen LogP contribution in [-0.2, 0) is 5.72 Å². The number of hydrogen-bond acceptors (Lipinski definition) is 4. The van der Waals surface area contributed by atoms with Gasteiger partial charge >= 0.3 is 5.69 Å². The van der Waals surface area contributed by atoms with Crippen molar-refractivity contribution < 1.29 is 10.0 Å². The molecular formula is C10H15N3O3. The van der Waals surface area contributed by atoms with Crippen molar-refractivity contribution in [3.05, 3.63) is 22.0 Å². The molecule has 0 bridgehead atoms. The van der Waals surface area contributed by atoms with E-state index in [-0.39, 0.29) is 5.69 Å². The van der Waals surface area contributed by atoms with E-state index >= 15 is 0 Å². The first kappa shape index (κ1) is 11.1. The molecule has 88 valence electrons. The summed E-state index contributed by atoms with van der Waals surface area (Å²) in [4.78, 5) is 10.2. The van der Waals surface area contributed by atoms with E-state index in [2.05, 4.69) is 5.10 Å². The Morgan fingerprint density at radius 3 is 2.62 bits per heavy atom. The van der Waals surface area contributed by atoms with Crippen LogP contribution in [-0.4, -0.2) is 19.8 Å². The van der Waals surface area contributed by atoms with Crippen molar-refractivity contribution in [2.24, 2.45) is 0 Å². The smallest absolute Gasteiger partial charge is 0.309 e. The van der Waals surface area contributed by atoms with Crippen molar-refractivity contribution >= 4 is 5.69 Å². The number of aliphatic hydroxyl groups is 1. The van der Waals surface area contributed by atoms with Crippen LogP contribution >= 0.6 is 0 Å². The number of rotatable bonds is 2. The van der Waals surface area contributed by atoms with Gasteiger partial charge in [0.05, 0.1) is 4.92 Å². The average molecular weight is 225 g/mol. The molecule has 0 unspecified atom stereocenters. The Bertz CT molecular complexity index is 407. The lowest BCUT2D eigenvalue weighted by Gasteiger charge is -2.32. The second-order valence-corrected chi connectivity index (χ2v) is 4.33. The number of hydrogen-bond donors (Lipinski definition) is 1. The monoisotopic (exact) mass is 225 g/mol. The Labute approximate surface area is 93.0 Å². The van der Waals surface area contributed by atoms with Crippen molar-refractivity contribution in [1.29, 1.82) is 0 Å². The second-order valence-electron chi connectivity index (χ2n) is 4.33. The lowest BCUT2D eigenvalue weighted by molar-refractivity contribution is -0.385. The highest BCUT2D eigenvalue weighted by atomic mass is 16.6. The molecule has 1 aliphatic rings. The minimum Gasteiger partial charge on any atom is -0.369 e. The molecule has 6 heteroatoms. The fourth-order valence-electron chi connectivity index (χ4n) is 2.33. The van der Waals surface area contributed by atoms with Gasteiger partial charge in [-0.1, -0.05) is 6.42 Å². The molecule has 6 nitrogen and oxygen atoms in total. The lowest BCUT2D eigenvalue weighted by Crippen LogP contribution is -2.37. The first-order chi connectivity index (χ1) is 7.54. The normalized spacial score (nSPS) is 19.6. The van der Waals surface area contributed by atoms with E-state index < -0.39 is 10.6 Å². The molecule has 1 aliphatic carbocycles. The van der Waals surface area contributed by atoms with Crippen LogP contribution in [0.5, 0.6) is 0 Å². The topological polar surface area (TPSA) is 81.2 Å². The summed E-state index contributed by atoms with van der Waals surface area (Å²) in [6.07, 6.45) is 5.42. The van der Waals surface area contributed by atoms with Crippen LogP contribution in [0.2, 0.25) is 0 Å². The highest BCUT2D eigenvalue weighted by molar-refractivity contribution is 5.32. The molecule has 1 fully saturated rings. The first-order valence-electron chi connectivity index (χ1n) is 5.46. The maximum absolute atomic E-state index is 10.7. The quantitative estimate of drug-likeness (QED) is 0.613. The van der Waals surface area contributed by atoms with E-state index in [1.807, 2.05) is 0 Å². The van der Waals surface area contributed by atoms with E-state index in [0.717, 1.165) is 19.3 Å². The van der Waals surface area contributed by atoms with E-state index in [9.17, 15) is 15.2 Å². The van der Waals surface area contributed by atoms with Crippen LogP contribution in [0.3, 0.4) is 0 Å². The van der Waals surface area contributed by atoms with Gasteiger partial charge in [0.2, 0.25) is 0 Å². The standard InChI is InChI=1S/C10H15N3O3/c1-8-9(13(15)16)7-11-12(8)10(14)5-3-2-4-6-10/h7,14H,2-6H2,1H3. The molecule has 1 saturated carbocycles. The summed E-state index contributed by atoms with van der Waals surface area (Å²) in [5, 5.41) is 25.0. The third-order valence-corrected chi connectivity index (χ3v) is 3.23. The van der Waals surface area contributed by atoms with Crippen molar-refractivity contribution in [3.8, 4) is 0 Å². The van der Waals surface area contributed by atoms with Crippen molar-refractivity contribution in [2.75, 3.05) is 0 Å². The zero-order chi connectivity index (χ0) is 11.8. The summed E-state index contributed by atoms with van der Waals surface area (Å²) in [5.41, 5.74) is -0.634. The van der Waals surface area contributed by atoms with E-state index in [0.29, 0.717) is 18.5 Å². The summed E-state index contributed by atoms with van der Waals surface area (Å²) in [6.45, 7) is 1.62. The molecule has 0 spiro atoms. The van der Waals surface area contributed by atoms with Crippen LogP contribution in [0.15, 0.2) is 6.20 Å². The molecule has 1 aromatic heterocycles. The van der Waals surface area contributed by atoms with Crippen molar-refractivity contribution in [3.63, 3.8) is 0 Å². The Kier molecular flexibility index (Phi) is 2.67. The number of aromatic nitrogens is 2. The molecule has 0 saturated heterocycles. The fourth-order valence-corrected chi connectivity index (χ4v) is 2.33. The predicted octanol–water partition coefficient (Wildman–Crippen LogP) is 1.71. The highest BCUT2D eigenvalue weighted by Crippen LogP contribution is 2.34. The van der Waals surface area contributed by atoms with Gasteiger partial charge in [-0.05, 0) is 32.6 Å². The van der Waals surface area contributed by atoms with Gasteiger partial charge in [-0.2, -0.15) is 5.10 Å². The average Bonchev–Trinajstić information content (AvgIpc) is 2.62. The van der Waals surface area contributed by atoms with E-state index in [4.69, 9.17) is 0 Å². The zero-order valence-electron chi connectivity index (χ0n) is 9.22. The first-order valence-corrected chi connectivity index (χ1v) is 5.46. The van der Waals surface area contributed by atoms with Crippen LogP contribution in [0.1, 0.15) is 37.8 Å². The molecule has 1 heterocycles. The van der Waals surface area contributed by atoms with Crippen molar-refractivity contribution in [2.45, 2.75) is 44.8 Å². The third-order valence-electron chi connectivity index (χ3n) is 3.23. The predicted molar refractivity (Wildman–Crippen MR) is 56.9 cm³/mol. The summed E-state index contributed by atoms with van der Waals surface area (Å²) in [7, 11) is 0.